The number of amides is 2. The lowest BCUT2D eigenvalue weighted by Crippen LogP contribution is -2.71. The van der Waals surface area contributed by atoms with Gasteiger partial charge in [-0.25, -0.2) is 24.1 Å². The molecule has 0 aliphatic carbocycles. The van der Waals surface area contributed by atoms with Crippen LogP contribution in [0.25, 0.3) is 10.2 Å². The fourth-order valence-electron chi connectivity index (χ4n) is 3.92. The van der Waals surface area contributed by atoms with Crippen molar-refractivity contribution >= 4 is 91.0 Å². The number of nitrogen functional groups attached to an aromatic ring is 1. The molecule has 18 heteroatoms. The van der Waals surface area contributed by atoms with Gasteiger partial charge in [0, 0.05) is 23.0 Å². The van der Waals surface area contributed by atoms with Crippen molar-refractivity contribution in [3.05, 3.63) is 40.8 Å². The van der Waals surface area contributed by atoms with Gasteiger partial charge in [0.25, 0.3) is 11.8 Å². The number of pyridine rings is 1. The SMILES string of the molecule is C[n+]1ccc2nc(SCC3=C(C(=O)O)N4C(=O)C(NC(=O)C(=NOCC(=O)O)c5csc(N)n5)[C@@H]4SC3)sc2c1. The monoisotopic (exact) mass is 622 g/mol. The number of aryl methyl sites for hydroxylation is 1. The number of thioether (sulfide) groups is 2. The molecule has 14 nitrogen and oxygen atoms in total. The van der Waals surface area contributed by atoms with Gasteiger partial charge < -0.3 is 26.1 Å². The highest BCUT2D eigenvalue weighted by Crippen LogP contribution is 2.42. The normalized spacial score (nSPS) is 18.9. The number of anilines is 1. The Bertz CT molecular complexity index is 1600. The first kappa shape index (κ1) is 27.8. The van der Waals surface area contributed by atoms with Gasteiger partial charge in [0.2, 0.25) is 6.61 Å². The second-order valence-electron chi connectivity index (χ2n) is 8.42. The van der Waals surface area contributed by atoms with Gasteiger partial charge in [-0.2, -0.15) is 0 Å². The number of carbonyl (C=O) groups is 4. The number of aliphatic carboxylic acids is 2. The lowest BCUT2D eigenvalue weighted by atomic mass is 10.0. The second-order valence-corrected chi connectivity index (χ2v) is 12.7. The first-order valence-electron chi connectivity index (χ1n) is 11.3. The molecule has 40 heavy (non-hydrogen) atoms. The highest BCUT2D eigenvalue weighted by molar-refractivity contribution is 8.02. The van der Waals surface area contributed by atoms with Crippen molar-refractivity contribution in [1.82, 2.24) is 20.2 Å². The largest absolute Gasteiger partial charge is 0.479 e. The van der Waals surface area contributed by atoms with E-state index in [9.17, 15) is 24.3 Å². The fraction of sp³-hybridized carbons (Fsp3) is 0.273. The summed E-state index contributed by atoms with van der Waals surface area (Å²) in [6.45, 7) is -0.797. The number of β-lactam (4-membered cyclic amide) rings is 1. The summed E-state index contributed by atoms with van der Waals surface area (Å²) in [7, 11) is 1.92. The quantitative estimate of drug-likeness (QED) is 0.0803. The van der Waals surface area contributed by atoms with Gasteiger partial charge in [-0.05, 0) is 5.57 Å². The first-order valence-corrected chi connectivity index (χ1v) is 15.1. The average molecular weight is 623 g/mol. The molecule has 1 unspecified atom stereocenters. The Balaban J connectivity index is 1.30. The van der Waals surface area contributed by atoms with Crippen LogP contribution in [0.15, 0.2) is 44.6 Å². The minimum absolute atomic E-state index is 0.0411. The summed E-state index contributed by atoms with van der Waals surface area (Å²) >= 11 is 5.26. The lowest BCUT2D eigenvalue weighted by Gasteiger charge is -2.49. The molecule has 5 rings (SSSR count). The Morgan fingerprint density at radius 1 is 1.35 bits per heavy atom. The Kier molecular flexibility index (Phi) is 7.92. The number of carboxylic acid groups (broad SMARTS) is 2. The number of rotatable bonds is 10. The standard InChI is InChI=1S/C22H19N7O7S4/c1-28-3-2-10-12(4-28)40-22(25-10)39-7-9-6-37-19-15(18(33)29(19)16(9)20(34)35)26-17(32)14(27-36-5-13(30)31)11-8-38-21(23)24-11/h2-4,8,15,19H,5-7H2,1H3,(H4-,23,24,26,30,31,32,34,35)/p+1/t15?,19-/m0/s1. The molecule has 0 radical (unpaired) electrons. The second kappa shape index (κ2) is 11.4. The number of aromatic nitrogens is 3. The maximum absolute atomic E-state index is 13.1. The van der Waals surface area contributed by atoms with Crippen molar-refractivity contribution < 1.29 is 38.8 Å². The molecular weight excluding hydrogens is 603 g/mol. The molecule has 2 amide bonds. The molecule has 2 atom stereocenters. The summed E-state index contributed by atoms with van der Waals surface area (Å²) in [6, 6.07) is 0.871. The number of nitrogens with one attached hydrogen (secondary N) is 1. The zero-order valence-corrected chi connectivity index (χ0v) is 23.7. The number of hydrogen-bond donors (Lipinski definition) is 4. The van der Waals surface area contributed by atoms with Crippen LogP contribution in [0, 0.1) is 0 Å². The van der Waals surface area contributed by atoms with E-state index in [1.165, 1.54) is 45.1 Å². The first-order chi connectivity index (χ1) is 19.1. The van der Waals surface area contributed by atoms with Crippen LogP contribution in [0.2, 0.25) is 0 Å². The number of thiazole rings is 2. The maximum atomic E-state index is 13.1. The third-order valence-electron chi connectivity index (χ3n) is 5.68. The van der Waals surface area contributed by atoms with Crippen molar-refractivity contribution in [1.29, 1.82) is 0 Å². The summed E-state index contributed by atoms with van der Waals surface area (Å²) in [5, 5.41) is 25.8. The van der Waals surface area contributed by atoms with E-state index in [1.807, 2.05) is 30.1 Å². The summed E-state index contributed by atoms with van der Waals surface area (Å²) in [5.41, 5.74) is 6.64. The van der Waals surface area contributed by atoms with E-state index >= 15 is 0 Å². The zero-order chi connectivity index (χ0) is 28.6. The molecule has 0 aromatic carbocycles. The molecule has 5 N–H and O–H groups in total. The van der Waals surface area contributed by atoms with Crippen LogP contribution in [-0.2, 0) is 31.1 Å². The van der Waals surface area contributed by atoms with E-state index in [-0.39, 0.29) is 22.2 Å². The van der Waals surface area contributed by atoms with Crippen LogP contribution in [0.1, 0.15) is 5.69 Å². The Labute approximate surface area is 241 Å². The molecule has 0 bridgehead atoms. The van der Waals surface area contributed by atoms with Crippen LogP contribution >= 0.6 is 46.2 Å². The molecule has 0 saturated carbocycles. The molecule has 5 heterocycles. The van der Waals surface area contributed by atoms with E-state index in [1.54, 1.807) is 0 Å². The van der Waals surface area contributed by atoms with Crippen LogP contribution < -0.4 is 15.6 Å². The number of carboxylic acids is 2. The van der Waals surface area contributed by atoms with Crippen molar-refractivity contribution in [3.8, 4) is 0 Å². The fourth-order valence-corrected chi connectivity index (χ4v) is 8.09. The number of nitrogens with two attached hydrogens (primary N) is 1. The smallest absolute Gasteiger partial charge is 0.352 e. The van der Waals surface area contributed by atoms with Gasteiger partial charge in [0.05, 0.1) is 5.52 Å². The molecular formula is C22H20N7O7S4+. The number of nitrogens with zero attached hydrogens (tertiary/aromatic N) is 5. The minimum Gasteiger partial charge on any atom is -0.479 e. The van der Waals surface area contributed by atoms with E-state index in [0.717, 1.165) is 25.9 Å². The molecule has 2 aliphatic heterocycles. The predicted molar refractivity (Wildman–Crippen MR) is 148 cm³/mol. The van der Waals surface area contributed by atoms with Crippen molar-refractivity contribution in [2.75, 3.05) is 23.8 Å². The van der Waals surface area contributed by atoms with Gasteiger partial charge >= 0.3 is 11.9 Å². The van der Waals surface area contributed by atoms with E-state index in [4.69, 9.17) is 15.7 Å². The summed E-state index contributed by atoms with van der Waals surface area (Å²) in [5.74, 6) is -3.32. The Hall–Kier alpha value is -3.74. The predicted octanol–water partition coefficient (Wildman–Crippen LogP) is 0.496. The summed E-state index contributed by atoms with van der Waals surface area (Å²) < 4.78 is 3.71. The van der Waals surface area contributed by atoms with E-state index in [0.29, 0.717) is 17.1 Å². The molecule has 3 aromatic heterocycles. The van der Waals surface area contributed by atoms with Gasteiger partial charge in [-0.1, -0.05) is 16.9 Å². The molecule has 208 valence electrons. The number of hydrogen-bond acceptors (Lipinski definition) is 13. The van der Waals surface area contributed by atoms with E-state index in [2.05, 4.69) is 20.4 Å². The summed E-state index contributed by atoms with van der Waals surface area (Å²) in [6.07, 6.45) is 3.86. The van der Waals surface area contributed by atoms with Gasteiger partial charge in [-0.3, -0.25) is 14.5 Å². The van der Waals surface area contributed by atoms with E-state index < -0.39 is 41.8 Å². The van der Waals surface area contributed by atoms with Crippen LogP contribution in [0.5, 0.6) is 0 Å². The third kappa shape index (κ3) is 5.60. The van der Waals surface area contributed by atoms with Crippen LogP contribution in [0.3, 0.4) is 0 Å². The summed E-state index contributed by atoms with van der Waals surface area (Å²) in [4.78, 5) is 63.5. The number of fused-ring (bicyclic) bond motifs is 2. The van der Waals surface area contributed by atoms with Crippen molar-refractivity contribution in [2.45, 2.75) is 15.8 Å². The molecule has 1 fully saturated rings. The van der Waals surface area contributed by atoms with Crippen molar-refractivity contribution in [3.63, 3.8) is 0 Å². The average Bonchev–Trinajstić information content (AvgIpc) is 3.52. The van der Waals surface area contributed by atoms with Crippen LogP contribution in [-0.4, -0.2) is 84.1 Å². The Morgan fingerprint density at radius 2 is 2.15 bits per heavy atom. The topological polar surface area (TPSA) is 201 Å². The van der Waals surface area contributed by atoms with Crippen LogP contribution in [0.4, 0.5) is 5.13 Å². The lowest BCUT2D eigenvalue weighted by molar-refractivity contribution is -0.670. The van der Waals surface area contributed by atoms with Gasteiger partial charge in [0.1, 0.15) is 34.6 Å². The maximum Gasteiger partial charge on any atom is 0.352 e. The number of carbonyl (C=O) groups excluding carboxylic acids is 2. The zero-order valence-electron chi connectivity index (χ0n) is 20.5. The van der Waals surface area contributed by atoms with Crippen molar-refractivity contribution in [2.24, 2.45) is 12.2 Å². The molecule has 3 aromatic rings. The van der Waals surface area contributed by atoms with Gasteiger partial charge in [0.15, 0.2) is 27.6 Å². The highest BCUT2D eigenvalue weighted by atomic mass is 32.2. The molecule has 1 saturated heterocycles. The Morgan fingerprint density at radius 3 is 2.85 bits per heavy atom. The molecule has 0 spiro atoms. The van der Waals surface area contributed by atoms with Gasteiger partial charge in [-0.15, -0.1) is 34.4 Å². The molecule has 2 aliphatic rings. The third-order valence-corrected chi connectivity index (χ3v) is 9.93. The minimum atomic E-state index is -1.30. The highest BCUT2D eigenvalue weighted by Gasteiger charge is 2.54. The number of oxime groups is 1.